The summed E-state index contributed by atoms with van der Waals surface area (Å²) in [5, 5.41) is 53.6. The Morgan fingerprint density at radius 2 is 1.09 bits per heavy atom. The second-order valence-electron chi connectivity index (χ2n) is 25.8. The largest absolute Gasteiger partial charge is 0.481 e. The van der Waals surface area contributed by atoms with Crippen molar-refractivity contribution in [3.8, 4) is 0 Å². The van der Waals surface area contributed by atoms with Gasteiger partial charge in [-0.05, 0) is 99.9 Å². The zero-order chi connectivity index (χ0) is 76.0. The van der Waals surface area contributed by atoms with Crippen molar-refractivity contribution in [3.63, 3.8) is 0 Å². The minimum atomic E-state index is -1.68. The molecule has 34 heteroatoms. The van der Waals surface area contributed by atoms with Gasteiger partial charge in [0.1, 0.15) is 60.4 Å². The second-order valence-corrected chi connectivity index (χ2v) is 25.8. The summed E-state index contributed by atoms with van der Waals surface area (Å²) in [7, 11) is 0. The van der Waals surface area contributed by atoms with Crippen molar-refractivity contribution in [3.05, 3.63) is 126 Å². The zero-order valence-corrected chi connectivity index (χ0v) is 58.3. The number of para-hydroxylation sites is 1. The Morgan fingerprint density at radius 1 is 0.558 bits per heavy atom. The number of aliphatic carboxylic acids is 3. The van der Waals surface area contributed by atoms with Crippen LogP contribution in [0.2, 0.25) is 0 Å². The van der Waals surface area contributed by atoms with Crippen LogP contribution in [0.3, 0.4) is 0 Å². The third-order valence-electron chi connectivity index (χ3n) is 17.4. The minimum absolute atomic E-state index is 0.00517. The number of carbonyl (C=O) groups is 13. The molecule has 0 unspecified atom stereocenters. The first-order valence-electron chi connectivity index (χ1n) is 34.4. The highest BCUT2D eigenvalue weighted by atomic mass is 16.4. The van der Waals surface area contributed by atoms with E-state index in [1.165, 1.54) is 24.3 Å². The van der Waals surface area contributed by atoms with E-state index in [0.717, 1.165) is 0 Å². The van der Waals surface area contributed by atoms with Crippen LogP contribution in [0.5, 0.6) is 0 Å². The van der Waals surface area contributed by atoms with Crippen LogP contribution in [-0.4, -0.2) is 204 Å². The number of H-pyrrole nitrogens is 2. The molecule has 0 aliphatic carbocycles. The molecule has 1 fully saturated rings. The molecule has 0 bridgehead atoms. The number of likely N-dealkylation sites (tertiary alicyclic amines) is 1. The van der Waals surface area contributed by atoms with E-state index < -0.39 is 169 Å². The molecule has 104 heavy (non-hydrogen) atoms. The predicted molar refractivity (Wildman–Crippen MR) is 379 cm³/mol. The van der Waals surface area contributed by atoms with Crippen molar-refractivity contribution in [1.29, 1.82) is 0 Å². The summed E-state index contributed by atoms with van der Waals surface area (Å²) in [6.07, 6.45) is 2.79. The monoisotopic (exact) mass is 1440 g/mol. The van der Waals surface area contributed by atoms with Crippen molar-refractivity contribution >= 4 is 93.8 Å². The molecule has 0 saturated carbocycles. The average molecular weight is 1450 g/mol. The van der Waals surface area contributed by atoms with Crippen LogP contribution in [-0.2, 0) is 88.0 Å². The van der Waals surface area contributed by atoms with E-state index in [4.69, 9.17) is 28.0 Å². The number of aromatic amines is 2. The number of guanidine groups is 1. The summed E-state index contributed by atoms with van der Waals surface area (Å²) in [4.78, 5) is 195. The Bertz CT molecular complexity index is 3780. The number of carboxylic acid groups (broad SMARTS) is 3. The molecule has 1 aliphatic heterocycles. The van der Waals surface area contributed by atoms with Crippen LogP contribution in [0.15, 0.2) is 109 Å². The maximum Gasteiger partial charge on any atom is 0.326 e. The van der Waals surface area contributed by atoms with Gasteiger partial charge in [0, 0.05) is 80.6 Å². The Hall–Kier alpha value is -11.3. The lowest BCUT2D eigenvalue weighted by molar-refractivity contribution is -0.143. The molecular formula is C70H96N18O16. The molecule has 1 aliphatic rings. The number of hydrogen-bond donors (Lipinski definition) is 18. The lowest BCUT2D eigenvalue weighted by Crippen LogP contribution is -2.61. The summed E-state index contributed by atoms with van der Waals surface area (Å²) in [5.74, 6) is -13.4. The number of rotatable bonds is 43. The molecule has 562 valence electrons. The van der Waals surface area contributed by atoms with Gasteiger partial charge in [-0.15, -0.1) is 0 Å². The van der Waals surface area contributed by atoms with Gasteiger partial charge < -0.3 is 101 Å². The number of unbranched alkanes of at least 4 members (excludes halogenated alkanes) is 1. The third kappa shape index (κ3) is 26.0. The van der Waals surface area contributed by atoms with Crippen LogP contribution in [0, 0.1) is 5.92 Å². The molecule has 2 aromatic heterocycles. The van der Waals surface area contributed by atoms with E-state index in [2.05, 4.69) is 67.8 Å². The number of aromatic nitrogens is 3. The Morgan fingerprint density at radius 3 is 1.66 bits per heavy atom. The molecule has 0 radical (unpaired) electrons. The molecule has 5 aromatic rings. The van der Waals surface area contributed by atoms with Gasteiger partial charge in [0.05, 0.1) is 12.4 Å². The SMILES string of the molecule is CC(C)[C@H](NC(=O)[C@H](C)NC(=O)[C@@H](N)CCC(=O)O)C(=O)N[C@@H](Cc1c[nH]c2ccccc12)C(=O)N[C@@H](CCC(=O)O)C(=O)N[C@@H](CCCCN)C(=O)N1CCC[C@H]1C(=O)N[C@@H](Cc1ccccc1)C(=O)N[C@@H](CCCN=C(N)N)C(=O)N[C@@H](Cc1ccccc1)C(=O)N[C@@H](Cc1cnc[nH]1)C(=O)O. The number of nitrogens with zero attached hydrogens (tertiary/aromatic N) is 3. The molecule has 3 aromatic carbocycles. The van der Waals surface area contributed by atoms with Gasteiger partial charge in [0.25, 0.3) is 0 Å². The zero-order valence-electron chi connectivity index (χ0n) is 58.3. The molecule has 6 rings (SSSR count). The molecule has 11 atom stereocenters. The van der Waals surface area contributed by atoms with Crippen molar-refractivity contribution in [1.82, 2.24) is 67.7 Å². The highest BCUT2D eigenvalue weighted by Gasteiger charge is 2.41. The fourth-order valence-electron chi connectivity index (χ4n) is 11.7. The summed E-state index contributed by atoms with van der Waals surface area (Å²) in [6.45, 7) is 4.70. The number of nitrogens with one attached hydrogen (secondary N) is 11. The predicted octanol–water partition coefficient (Wildman–Crippen LogP) is -1.48. The topological polar surface area (TPSA) is 555 Å². The fourth-order valence-corrected chi connectivity index (χ4v) is 11.7. The van der Waals surface area contributed by atoms with Crippen LogP contribution < -0.4 is 70.8 Å². The van der Waals surface area contributed by atoms with E-state index in [-0.39, 0.29) is 96.2 Å². The minimum Gasteiger partial charge on any atom is -0.481 e. The van der Waals surface area contributed by atoms with Crippen LogP contribution in [0.4, 0.5) is 0 Å². The maximum atomic E-state index is 15.1. The number of hydrogen-bond acceptors (Lipinski definition) is 17. The van der Waals surface area contributed by atoms with Gasteiger partial charge in [-0.2, -0.15) is 0 Å². The first kappa shape index (κ1) is 81.7. The summed E-state index contributed by atoms with van der Waals surface area (Å²) in [5.41, 5.74) is 25.7. The summed E-state index contributed by atoms with van der Waals surface area (Å²) >= 11 is 0. The van der Waals surface area contributed by atoms with Gasteiger partial charge in [0.15, 0.2) is 5.96 Å². The van der Waals surface area contributed by atoms with Crippen LogP contribution >= 0.6 is 0 Å². The van der Waals surface area contributed by atoms with E-state index in [1.807, 2.05) is 0 Å². The molecule has 3 heterocycles. The number of benzene rings is 3. The summed E-state index contributed by atoms with van der Waals surface area (Å²) < 4.78 is 0. The van der Waals surface area contributed by atoms with Gasteiger partial charge >= 0.3 is 17.9 Å². The number of imidazole rings is 1. The molecule has 1 saturated heterocycles. The van der Waals surface area contributed by atoms with Gasteiger partial charge in [-0.1, -0.05) is 92.7 Å². The Labute approximate surface area is 600 Å². The molecule has 10 amide bonds. The third-order valence-corrected chi connectivity index (χ3v) is 17.4. The lowest BCUT2D eigenvalue weighted by atomic mass is 9.99. The van der Waals surface area contributed by atoms with Crippen molar-refractivity contribution in [2.45, 2.75) is 184 Å². The smallest absolute Gasteiger partial charge is 0.326 e. The van der Waals surface area contributed by atoms with Gasteiger partial charge in [-0.3, -0.25) is 62.5 Å². The maximum absolute atomic E-state index is 15.1. The van der Waals surface area contributed by atoms with Gasteiger partial charge in [-0.25, -0.2) is 9.78 Å². The molecule has 0 spiro atoms. The first-order chi connectivity index (χ1) is 49.6. The summed E-state index contributed by atoms with van der Waals surface area (Å²) in [6, 6.07) is 8.68. The van der Waals surface area contributed by atoms with Crippen LogP contribution in [0.1, 0.15) is 114 Å². The highest BCUT2D eigenvalue weighted by molar-refractivity contribution is 6.00. The fraction of sp³-hybridized carbons (Fsp3) is 0.471. The Balaban J connectivity index is 1.24. The normalized spacial score (nSPS) is 15.5. The average Bonchev–Trinajstić information content (AvgIpc) is 1.61. The number of carboxylic acids is 3. The first-order valence-corrected chi connectivity index (χ1v) is 34.4. The number of amides is 10. The number of fused-ring (bicyclic) bond motifs is 1. The van der Waals surface area contributed by atoms with Crippen molar-refractivity contribution in [2.24, 2.45) is 33.8 Å². The van der Waals surface area contributed by atoms with Crippen molar-refractivity contribution in [2.75, 3.05) is 19.6 Å². The van der Waals surface area contributed by atoms with Crippen LogP contribution in [0.25, 0.3) is 10.9 Å². The molecule has 34 nitrogen and oxygen atoms in total. The van der Waals surface area contributed by atoms with E-state index in [1.54, 1.807) is 105 Å². The Kier molecular flexibility index (Phi) is 32.2. The highest BCUT2D eigenvalue weighted by Crippen LogP contribution is 2.23. The quantitative estimate of drug-likeness (QED) is 0.0120. The van der Waals surface area contributed by atoms with Gasteiger partial charge in [0.2, 0.25) is 59.1 Å². The van der Waals surface area contributed by atoms with Crippen molar-refractivity contribution < 1.29 is 77.6 Å². The number of aliphatic imine (C=N–C) groups is 1. The van der Waals surface area contributed by atoms with E-state index >= 15 is 4.79 Å². The molecule has 22 N–H and O–H groups in total. The lowest BCUT2D eigenvalue weighted by Gasteiger charge is -2.31. The molecular weight excluding hydrogens is 1350 g/mol. The number of carbonyl (C=O) groups excluding carboxylic acids is 10. The second kappa shape index (κ2) is 41.0. The number of nitrogens with two attached hydrogens (primary N) is 4. The standard InChI is InChI=1S/C70H96N18O16/c1-39(2)58(87-59(93)40(3)79-60(94)46(72)25-27-56(89)90)67(101)85-53(34-43-36-77-47-21-11-10-20-45(43)47)65(99)81-49(26-28-57(91)92)62(96)82-50(22-12-13-29-71)68(102)88-31-15-24-55(88)66(100)84-52(33-42-18-8-5-9-19-42)63(97)80-48(23-14-30-76-70(73)74)61(95)83-51(32-41-16-6-4-7-17-41)64(98)86-54(69(103)104)35-44-37-75-38-78-44/h4-11,16-21,36-40,46,48-55,58,77H,12-15,22-35,71-72H2,1-3H3,(H,75,78)(H,79,94)(H,80,97)(H,81,99)(H,82,96)(H,83,95)(H,84,100)(H,85,101)(H,86,98)(H,87,93)(H,89,90)(H,91,92)(H,103,104)(H4,73,74,76)/t40-,46-,48-,49-,50-,51-,52-,53-,54-,55-,58-/m0/s1. The van der Waals surface area contributed by atoms with E-state index in [0.29, 0.717) is 39.7 Å². The van der Waals surface area contributed by atoms with E-state index in [9.17, 15) is 67.7 Å².